The number of phenolic OH excluding ortho intramolecular Hbond substituents is 4. The molecule has 0 bridgehead atoms. The lowest BCUT2D eigenvalue weighted by atomic mass is 9.93. The standard InChI is InChI=1S/C18H16O6/c1-2-3-10-12(20)7-16-17(18(10)23)14(22)8-15(24-16)9-4-5-11(19)13(21)6-9/h2,4-7,15,19-21,23H,1,3,8H2. The molecule has 24 heavy (non-hydrogen) atoms. The molecule has 2 aromatic rings. The molecule has 0 aromatic heterocycles. The molecule has 124 valence electrons. The fourth-order valence-corrected chi connectivity index (χ4v) is 2.77. The molecule has 0 fully saturated rings. The second kappa shape index (κ2) is 5.81. The van der Waals surface area contributed by atoms with Gasteiger partial charge >= 0.3 is 0 Å². The van der Waals surface area contributed by atoms with Crippen LogP contribution in [0.3, 0.4) is 0 Å². The second-order valence-corrected chi connectivity index (χ2v) is 5.57. The fourth-order valence-electron chi connectivity index (χ4n) is 2.77. The molecule has 1 heterocycles. The molecule has 1 aliphatic rings. The molecule has 0 spiro atoms. The Balaban J connectivity index is 2.03. The van der Waals surface area contributed by atoms with Gasteiger partial charge in [-0.05, 0) is 24.1 Å². The first-order chi connectivity index (χ1) is 11.4. The number of aromatic hydroxyl groups is 4. The predicted octanol–water partition coefficient (Wildman–Crippen LogP) is 2.94. The number of fused-ring (bicyclic) bond motifs is 1. The van der Waals surface area contributed by atoms with Crippen molar-refractivity contribution >= 4 is 5.78 Å². The van der Waals surface area contributed by atoms with E-state index in [1.165, 1.54) is 30.3 Å². The van der Waals surface area contributed by atoms with Gasteiger partial charge in [-0.1, -0.05) is 12.1 Å². The topological polar surface area (TPSA) is 107 Å². The minimum Gasteiger partial charge on any atom is -0.507 e. The van der Waals surface area contributed by atoms with Crippen LogP contribution in [0.25, 0.3) is 0 Å². The van der Waals surface area contributed by atoms with Crippen LogP contribution in [0, 0.1) is 0 Å². The van der Waals surface area contributed by atoms with Crippen molar-refractivity contribution in [1.29, 1.82) is 0 Å². The first kappa shape index (κ1) is 15.7. The van der Waals surface area contributed by atoms with Gasteiger partial charge in [0, 0.05) is 11.6 Å². The van der Waals surface area contributed by atoms with E-state index < -0.39 is 6.10 Å². The van der Waals surface area contributed by atoms with Gasteiger partial charge in [0.15, 0.2) is 17.3 Å². The number of allylic oxidation sites excluding steroid dienone is 1. The third-order valence-corrected chi connectivity index (χ3v) is 3.98. The van der Waals surface area contributed by atoms with Crippen LogP contribution in [0.15, 0.2) is 36.9 Å². The molecule has 0 saturated heterocycles. The Bertz CT molecular complexity index is 840. The van der Waals surface area contributed by atoms with Gasteiger partial charge in [0.25, 0.3) is 0 Å². The molecule has 6 heteroatoms. The fraction of sp³-hybridized carbons (Fsp3) is 0.167. The Hall–Kier alpha value is -3.15. The zero-order valence-corrected chi connectivity index (χ0v) is 12.7. The summed E-state index contributed by atoms with van der Waals surface area (Å²) in [4.78, 5) is 12.5. The number of carbonyl (C=O) groups is 1. The van der Waals surface area contributed by atoms with Crippen LogP contribution < -0.4 is 4.74 Å². The van der Waals surface area contributed by atoms with E-state index >= 15 is 0 Å². The smallest absolute Gasteiger partial charge is 0.174 e. The maximum Gasteiger partial charge on any atom is 0.174 e. The molecule has 2 aromatic carbocycles. The van der Waals surface area contributed by atoms with E-state index in [9.17, 15) is 25.2 Å². The monoisotopic (exact) mass is 328 g/mol. The van der Waals surface area contributed by atoms with Gasteiger partial charge in [-0.3, -0.25) is 4.79 Å². The molecule has 6 nitrogen and oxygen atoms in total. The quantitative estimate of drug-likeness (QED) is 0.510. The molecule has 4 N–H and O–H groups in total. The van der Waals surface area contributed by atoms with Crippen molar-refractivity contribution in [3.8, 4) is 28.7 Å². The Morgan fingerprint density at radius 1 is 1.12 bits per heavy atom. The number of Topliss-reactive ketones (excluding diaryl/α,β-unsaturated/α-hetero) is 1. The summed E-state index contributed by atoms with van der Waals surface area (Å²) in [6.45, 7) is 3.55. The zero-order chi connectivity index (χ0) is 17.4. The lowest BCUT2D eigenvalue weighted by Gasteiger charge is -2.27. The molecular weight excluding hydrogens is 312 g/mol. The minimum absolute atomic E-state index is 0.0314. The van der Waals surface area contributed by atoms with Crippen molar-refractivity contribution in [3.05, 3.63) is 53.6 Å². The number of phenols is 4. The van der Waals surface area contributed by atoms with Crippen LogP contribution in [0.1, 0.15) is 34.0 Å². The van der Waals surface area contributed by atoms with Gasteiger partial charge in [-0.25, -0.2) is 0 Å². The first-order valence-electron chi connectivity index (χ1n) is 7.32. The summed E-state index contributed by atoms with van der Waals surface area (Å²) in [5, 5.41) is 39.3. The summed E-state index contributed by atoms with van der Waals surface area (Å²) >= 11 is 0. The highest BCUT2D eigenvalue weighted by Crippen LogP contribution is 2.45. The summed E-state index contributed by atoms with van der Waals surface area (Å²) in [7, 11) is 0. The van der Waals surface area contributed by atoms with Crippen molar-refractivity contribution in [3.63, 3.8) is 0 Å². The molecular formula is C18H16O6. The van der Waals surface area contributed by atoms with E-state index in [0.29, 0.717) is 5.56 Å². The van der Waals surface area contributed by atoms with Gasteiger partial charge in [0.05, 0.1) is 6.42 Å². The molecule has 0 amide bonds. The highest BCUT2D eigenvalue weighted by Gasteiger charge is 2.32. The minimum atomic E-state index is -0.694. The van der Waals surface area contributed by atoms with Crippen molar-refractivity contribution in [2.75, 3.05) is 0 Å². The second-order valence-electron chi connectivity index (χ2n) is 5.57. The van der Waals surface area contributed by atoms with Gasteiger partial charge < -0.3 is 25.2 Å². The van der Waals surface area contributed by atoms with Crippen molar-refractivity contribution in [1.82, 2.24) is 0 Å². The largest absolute Gasteiger partial charge is 0.507 e. The highest BCUT2D eigenvalue weighted by atomic mass is 16.5. The summed E-state index contributed by atoms with van der Waals surface area (Å²) in [6.07, 6.45) is 0.994. The molecule has 3 rings (SSSR count). The van der Waals surface area contributed by atoms with Crippen molar-refractivity contribution in [2.45, 2.75) is 18.9 Å². The van der Waals surface area contributed by atoms with Gasteiger partial charge in [-0.15, -0.1) is 6.58 Å². The van der Waals surface area contributed by atoms with Gasteiger partial charge in [-0.2, -0.15) is 0 Å². The number of rotatable bonds is 3. The predicted molar refractivity (Wildman–Crippen MR) is 85.8 cm³/mol. The summed E-state index contributed by atoms with van der Waals surface area (Å²) in [5.74, 6) is -1.34. The van der Waals surface area contributed by atoms with Crippen LogP contribution in [0.4, 0.5) is 0 Å². The summed E-state index contributed by atoms with van der Waals surface area (Å²) in [6, 6.07) is 5.43. The van der Waals surface area contributed by atoms with Gasteiger partial charge in [0.1, 0.15) is 28.9 Å². The van der Waals surface area contributed by atoms with Crippen LogP contribution in [-0.2, 0) is 6.42 Å². The molecule has 0 aliphatic carbocycles. The first-order valence-corrected chi connectivity index (χ1v) is 7.32. The molecule has 1 aliphatic heterocycles. The lowest BCUT2D eigenvalue weighted by molar-refractivity contribution is 0.0844. The Morgan fingerprint density at radius 3 is 2.54 bits per heavy atom. The Morgan fingerprint density at radius 2 is 1.88 bits per heavy atom. The Kier molecular flexibility index (Phi) is 3.81. The molecule has 1 atom stereocenters. The maximum atomic E-state index is 12.5. The van der Waals surface area contributed by atoms with E-state index in [2.05, 4.69) is 6.58 Å². The SMILES string of the molecule is C=CCc1c(O)cc2c(c1O)C(=O)CC(c1ccc(O)c(O)c1)O2. The van der Waals surface area contributed by atoms with Gasteiger partial charge in [0.2, 0.25) is 0 Å². The number of ether oxygens (including phenoxy) is 1. The number of carbonyl (C=O) groups excluding carboxylic acids is 1. The number of hydrogen-bond donors (Lipinski definition) is 4. The molecule has 0 saturated carbocycles. The third kappa shape index (κ3) is 2.52. The number of hydrogen-bond acceptors (Lipinski definition) is 6. The molecule has 0 radical (unpaired) electrons. The van der Waals surface area contributed by atoms with E-state index in [1.54, 1.807) is 0 Å². The van der Waals surface area contributed by atoms with Crippen LogP contribution in [0.2, 0.25) is 0 Å². The number of benzene rings is 2. The summed E-state index contributed by atoms with van der Waals surface area (Å²) < 4.78 is 5.72. The third-order valence-electron chi connectivity index (χ3n) is 3.98. The van der Waals surface area contributed by atoms with Crippen molar-refractivity contribution < 1.29 is 30.0 Å². The van der Waals surface area contributed by atoms with Crippen LogP contribution in [0.5, 0.6) is 28.7 Å². The normalized spacial score (nSPS) is 16.3. The maximum absolute atomic E-state index is 12.5. The zero-order valence-electron chi connectivity index (χ0n) is 12.7. The molecule has 1 unspecified atom stereocenters. The summed E-state index contributed by atoms with van der Waals surface area (Å²) in [5.41, 5.74) is 0.753. The van der Waals surface area contributed by atoms with E-state index in [1.807, 2.05) is 0 Å². The highest BCUT2D eigenvalue weighted by molar-refractivity contribution is 6.03. The van der Waals surface area contributed by atoms with E-state index in [4.69, 9.17) is 4.74 Å². The Labute approximate surface area is 137 Å². The van der Waals surface area contributed by atoms with Crippen LogP contribution >= 0.6 is 0 Å². The van der Waals surface area contributed by atoms with E-state index in [-0.39, 0.29) is 58.5 Å². The van der Waals surface area contributed by atoms with Crippen molar-refractivity contribution in [2.24, 2.45) is 0 Å². The lowest BCUT2D eigenvalue weighted by Crippen LogP contribution is -2.21. The van der Waals surface area contributed by atoms with E-state index in [0.717, 1.165) is 0 Å². The van der Waals surface area contributed by atoms with Crippen LogP contribution in [-0.4, -0.2) is 26.2 Å². The number of ketones is 1. The average Bonchev–Trinajstić information content (AvgIpc) is 2.53. The average molecular weight is 328 g/mol.